The Morgan fingerprint density at radius 2 is 1.94 bits per heavy atom. The Morgan fingerprint density at radius 3 is 2.50 bits per heavy atom. The van der Waals surface area contributed by atoms with Gasteiger partial charge in [0.2, 0.25) is 0 Å². The largest absolute Gasteiger partial charge is 0.481 e. The third-order valence-corrected chi connectivity index (χ3v) is 2.77. The maximum absolute atomic E-state index is 11.6. The maximum Gasteiger partial charge on any atom is 0.306 e. The summed E-state index contributed by atoms with van der Waals surface area (Å²) < 4.78 is 0. The molecule has 0 aromatic carbocycles. The first-order chi connectivity index (χ1) is 7.66. The van der Waals surface area contributed by atoms with Crippen molar-refractivity contribution < 1.29 is 14.7 Å². The van der Waals surface area contributed by atoms with E-state index in [1.54, 1.807) is 24.5 Å². The second-order valence-electron chi connectivity index (χ2n) is 3.91. The Labute approximate surface area is 92.5 Å². The summed E-state index contributed by atoms with van der Waals surface area (Å²) in [6.45, 7) is 0. The molecule has 1 aromatic rings. The number of aliphatic carboxylic acids is 1. The van der Waals surface area contributed by atoms with Crippen LogP contribution in [0.4, 0.5) is 0 Å². The van der Waals surface area contributed by atoms with Crippen LogP contribution in [0, 0.1) is 5.92 Å². The minimum atomic E-state index is -0.783. The Morgan fingerprint density at radius 1 is 1.31 bits per heavy atom. The summed E-state index contributed by atoms with van der Waals surface area (Å²) >= 11 is 0. The van der Waals surface area contributed by atoms with Crippen molar-refractivity contribution in [2.45, 2.75) is 18.9 Å². The van der Waals surface area contributed by atoms with Gasteiger partial charge < -0.3 is 10.4 Å². The molecular weight excluding hydrogens is 208 g/mol. The molecule has 1 aliphatic carbocycles. The van der Waals surface area contributed by atoms with Gasteiger partial charge in [-0.15, -0.1) is 0 Å². The first-order valence-corrected chi connectivity index (χ1v) is 5.10. The van der Waals surface area contributed by atoms with Gasteiger partial charge in [-0.3, -0.25) is 14.6 Å². The first-order valence-electron chi connectivity index (χ1n) is 5.10. The number of carboxylic acids is 1. The molecule has 84 valence electrons. The molecule has 0 unspecified atom stereocenters. The number of nitrogens with zero attached hydrogens (tertiary/aromatic N) is 1. The normalized spacial score (nSPS) is 23.2. The van der Waals surface area contributed by atoms with Crippen molar-refractivity contribution in [1.82, 2.24) is 10.3 Å². The van der Waals surface area contributed by atoms with Crippen molar-refractivity contribution in [3.05, 3.63) is 30.1 Å². The summed E-state index contributed by atoms with van der Waals surface area (Å²) in [4.78, 5) is 26.0. The van der Waals surface area contributed by atoms with Crippen molar-refractivity contribution in [3.8, 4) is 0 Å². The highest BCUT2D eigenvalue weighted by molar-refractivity contribution is 5.94. The van der Waals surface area contributed by atoms with E-state index in [0.29, 0.717) is 18.4 Å². The number of hydrogen-bond acceptors (Lipinski definition) is 3. The van der Waals surface area contributed by atoms with Crippen LogP contribution in [0.15, 0.2) is 24.5 Å². The quantitative estimate of drug-likeness (QED) is 0.784. The van der Waals surface area contributed by atoms with E-state index >= 15 is 0 Å². The number of carboxylic acid groups (broad SMARTS) is 1. The van der Waals surface area contributed by atoms with Crippen molar-refractivity contribution in [3.63, 3.8) is 0 Å². The van der Waals surface area contributed by atoms with Gasteiger partial charge in [-0.25, -0.2) is 0 Å². The van der Waals surface area contributed by atoms with E-state index in [1.807, 2.05) is 0 Å². The lowest BCUT2D eigenvalue weighted by atomic mass is 9.80. The molecule has 16 heavy (non-hydrogen) atoms. The van der Waals surface area contributed by atoms with Gasteiger partial charge in [-0.05, 0) is 25.0 Å². The van der Waals surface area contributed by atoms with Gasteiger partial charge in [0.05, 0.1) is 5.92 Å². The molecule has 0 aliphatic heterocycles. The SMILES string of the molecule is O=C(NC1CC(C(=O)O)C1)c1ccncc1. The fraction of sp³-hybridized carbons (Fsp3) is 0.364. The van der Waals surface area contributed by atoms with Gasteiger partial charge in [-0.1, -0.05) is 0 Å². The van der Waals surface area contributed by atoms with Crippen LogP contribution in [-0.4, -0.2) is 28.0 Å². The molecule has 0 radical (unpaired) electrons. The molecule has 2 rings (SSSR count). The van der Waals surface area contributed by atoms with E-state index in [-0.39, 0.29) is 17.9 Å². The monoisotopic (exact) mass is 220 g/mol. The molecule has 2 N–H and O–H groups in total. The summed E-state index contributed by atoms with van der Waals surface area (Å²) in [7, 11) is 0. The average Bonchev–Trinajstić information content (AvgIpc) is 2.23. The molecule has 0 saturated heterocycles. The van der Waals surface area contributed by atoms with E-state index in [9.17, 15) is 9.59 Å². The zero-order valence-electron chi connectivity index (χ0n) is 8.59. The smallest absolute Gasteiger partial charge is 0.306 e. The van der Waals surface area contributed by atoms with Gasteiger partial charge in [0.15, 0.2) is 0 Å². The van der Waals surface area contributed by atoms with Crippen LogP contribution in [0.1, 0.15) is 23.2 Å². The minimum Gasteiger partial charge on any atom is -0.481 e. The van der Waals surface area contributed by atoms with Gasteiger partial charge in [0.1, 0.15) is 0 Å². The molecule has 0 spiro atoms. The van der Waals surface area contributed by atoms with Crippen molar-refractivity contribution in [2.24, 2.45) is 5.92 Å². The molecule has 1 aliphatic rings. The Balaban J connectivity index is 1.84. The van der Waals surface area contributed by atoms with E-state index in [1.165, 1.54) is 0 Å². The van der Waals surface area contributed by atoms with E-state index in [4.69, 9.17) is 5.11 Å². The van der Waals surface area contributed by atoms with Crippen LogP contribution < -0.4 is 5.32 Å². The zero-order chi connectivity index (χ0) is 11.5. The average molecular weight is 220 g/mol. The Kier molecular flexibility index (Phi) is 2.85. The van der Waals surface area contributed by atoms with Gasteiger partial charge in [0, 0.05) is 24.0 Å². The molecule has 1 heterocycles. The van der Waals surface area contributed by atoms with Crippen LogP contribution in [0.25, 0.3) is 0 Å². The predicted octanol–water partition coefficient (Wildman–Crippen LogP) is 0.675. The number of hydrogen-bond donors (Lipinski definition) is 2. The number of amides is 1. The summed E-state index contributed by atoms with van der Waals surface area (Å²) in [5.41, 5.74) is 0.550. The maximum atomic E-state index is 11.6. The highest BCUT2D eigenvalue weighted by atomic mass is 16.4. The molecule has 1 aromatic heterocycles. The second kappa shape index (κ2) is 4.30. The number of pyridine rings is 1. The number of nitrogens with one attached hydrogen (secondary N) is 1. The topological polar surface area (TPSA) is 79.3 Å². The summed E-state index contributed by atoms with van der Waals surface area (Å²) in [5.74, 6) is -1.26. The highest BCUT2D eigenvalue weighted by Gasteiger charge is 2.35. The molecule has 5 nitrogen and oxygen atoms in total. The predicted molar refractivity (Wildman–Crippen MR) is 55.9 cm³/mol. The molecule has 1 saturated carbocycles. The number of carbonyl (C=O) groups excluding carboxylic acids is 1. The molecule has 1 fully saturated rings. The van der Waals surface area contributed by atoms with Crippen LogP contribution >= 0.6 is 0 Å². The van der Waals surface area contributed by atoms with Crippen LogP contribution in [-0.2, 0) is 4.79 Å². The number of aromatic nitrogens is 1. The van der Waals surface area contributed by atoms with Gasteiger partial charge in [-0.2, -0.15) is 0 Å². The van der Waals surface area contributed by atoms with E-state index < -0.39 is 5.97 Å². The fourth-order valence-electron chi connectivity index (χ4n) is 1.71. The molecule has 1 amide bonds. The second-order valence-corrected chi connectivity index (χ2v) is 3.91. The molecule has 0 bridgehead atoms. The summed E-state index contributed by atoms with van der Waals surface area (Å²) in [5, 5.41) is 11.5. The van der Waals surface area contributed by atoms with Gasteiger partial charge in [0.25, 0.3) is 5.91 Å². The first kappa shape index (κ1) is 10.6. The van der Waals surface area contributed by atoms with Crippen LogP contribution in [0.3, 0.4) is 0 Å². The Bertz CT molecular complexity index is 399. The molecule has 0 atom stereocenters. The zero-order valence-corrected chi connectivity index (χ0v) is 8.59. The minimum absolute atomic E-state index is 0.0123. The molecular formula is C11H12N2O3. The Hall–Kier alpha value is -1.91. The number of carbonyl (C=O) groups is 2. The summed E-state index contributed by atoms with van der Waals surface area (Å²) in [6.07, 6.45) is 4.14. The lowest BCUT2D eigenvalue weighted by Gasteiger charge is -2.32. The summed E-state index contributed by atoms with van der Waals surface area (Å²) in [6, 6.07) is 3.24. The van der Waals surface area contributed by atoms with E-state index in [0.717, 1.165) is 0 Å². The number of rotatable bonds is 3. The van der Waals surface area contributed by atoms with Crippen LogP contribution in [0.5, 0.6) is 0 Å². The highest BCUT2D eigenvalue weighted by Crippen LogP contribution is 2.27. The third kappa shape index (κ3) is 2.18. The standard InChI is InChI=1S/C11H12N2O3/c14-10(7-1-3-12-4-2-7)13-9-5-8(6-9)11(15)16/h1-4,8-9H,5-6H2,(H,13,14)(H,15,16). The third-order valence-electron chi connectivity index (χ3n) is 2.77. The lowest BCUT2D eigenvalue weighted by molar-refractivity contribution is -0.145. The fourth-order valence-corrected chi connectivity index (χ4v) is 1.71. The lowest BCUT2D eigenvalue weighted by Crippen LogP contribution is -2.46. The van der Waals surface area contributed by atoms with Crippen LogP contribution in [0.2, 0.25) is 0 Å². The van der Waals surface area contributed by atoms with E-state index in [2.05, 4.69) is 10.3 Å². The van der Waals surface area contributed by atoms with Crippen molar-refractivity contribution >= 4 is 11.9 Å². The van der Waals surface area contributed by atoms with Crippen molar-refractivity contribution in [2.75, 3.05) is 0 Å². The van der Waals surface area contributed by atoms with Gasteiger partial charge >= 0.3 is 5.97 Å². The molecule has 5 heteroatoms. The van der Waals surface area contributed by atoms with Crippen molar-refractivity contribution in [1.29, 1.82) is 0 Å².